The first-order chi connectivity index (χ1) is 9.56. The molecule has 1 fully saturated rings. The van der Waals surface area contributed by atoms with Crippen LogP contribution in [0.25, 0.3) is 11.0 Å². The van der Waals surface area contributed by atoms with Gasteiger partial charge in [-0.15, -0.1) is 0 Å². The molecule has 0 atom stereocenters. The number of rotatable bonds is 5. The van der Waals surface area contributed by atoms with E-state index in [-0.39, 0.29) is 16.7 Å². The van der Waals surface area contributed by atoms with Crippen LogP contribution in [0.1, 0.15) is 43.0 Å². The lowest BCUT2D eigenvalue weighted by molar-refractivity contribution is 0.0699. The molecule has 5 heteroatoms. The zero-order valence-corrected chi connectivity index (χ0v) is 11.5. The monoisotopic (exact) mass is 274 g/mol. The zero-order chi connectivity index (χ0) is 14.3. The molecule has 1 aromatic heterocycles. The van der Waals surface area contributed by atoms with E-state index >= 15 is 0 Å². The fraction of sp³-hybridized carbons (Fsp3) is 0.467. The lowest BCUT2D eigenvalue weighted by atomic mass is 10.0. The molecule has 0 saturated heterocycles. The van der Waals surface area contributed by atoms with Crippen molar-refractivity contribution in [3.8, 4) is 0 Å². The molecule has 0 aliphatic heterocycles. The first-order valence-electron chi connectivity index (χ1n) is 7.01. The van der Waals surface area contributed by atoms with E-state index in [9.17, 15) is 14.7 Å². The zero-order valence-electron chi connectivity index (χ0n) is 11.5. The molecule has 0 bridgehead atoms. The maximum Gasteiger partial charge on any atom is 0.337 e. The molecule has 0 unspecified atom stereocenters. The number of carboxylic acids is 1. The van der Waals surface area contributed by atoms with Crippen LogP contribution in [0.2, 0.25) is 0 Å². The molecule has 5 nitrogen and oxygen atoms in total. The molecular formula is C15H18N2O3. The van der Waals surface area contributed by atoms with Crippen molar-refractivity contribution in [2.75, 3.05) is 0 Å². The molecule has 1 heterocycles. The SMILES string of the molecule is CCCC1(Cn2c(=O)[nH]c3c(C(=O)O)cccc32)CC1. The van der Waals surface area contributed by atoms with E-state index in [1.807, 2.05) is 6.07 Å². The number of fused-ring (bicyclic) bond motifs is 1. The number of carboxylic acid groups (broad SMARTS) is 1. The van der Waals surface area contributed by atoms with Crippen LogP contribution >= 0.6 is 0 Å². The van der Waals surface area contributed by atoms with Gasteiger partial charge < -0.3 is 10.1 Å². The van der Waals surface area contributed by atoms with E-state index in [1.165, 1.54) is 6.07 Å². The van der Waals surface area contributed by atoms with Crippen molar-refractivity contribution in [3.05, 3.63) is 34.2 Å². The van der Waals surface area contributed by atoms with Gasteiger partial charge in [-0.2, -0.15) is 0 Å². The highest BCUT2D eigenvalue weighted by molar-refractivity contribution is 6.00. The van der Waals surface area contributed by atoms with Gasteiger partial charge in [0.05, 0.1) is 16.6 Å². The second-order valence-electron chi connectivity index (χ2n) is 5.77. The lowest BCUT2D eigenvalue weighted by Crippen LogP contribution is -2.22. The van der Waals surface area contributed by atoms with Crippen LogP contribution in [0.3, 0.4) is 0 Å². The third-order valence-corrected chi connectivity index (χ3v) is 4.27. The van der Waals surface area contributed by atoms with E-state index < -0.39 is 5.97 Å². The molecule has 2 aromatic rings. The number of imidazole rings is 1. The number of para-hydroxylation sites is 1. The Morgan fingerprint density at radius 3 is 2.80 bits per heavy atom. The minimum atomic E-state index is -1.02. The van der Waals surface area contributed by atoms with E-state index in [0.717, 1.165) is 25.7 Å². The normalized spacial score (nSPS) is 16.4. The van der Waals surface area contributed by atoms with E-state index in [4.69, 9.17) is 0 Å². The van der Waals surface area contributed by atoms with Gasteiger partial charge in [-0.3, -0.25) is 4.57 Å². The highest BCUT2D eigenvalue weighted by atomic mass is 16.4. The smallest absolute Gasteiger partial charge is 0.337 e. The molecule has 2 N–H and O–H groups in total. The number of hydrogen-bond acceptors (Lipinski definition) is 2. The van der Waals surface area contributed by atoms with Gasteiger partial charge in [0.15, 0.2) is 0 Å². The highest BCUT2D eigenvalue weighted by Gasteiger charge is 2.42. The Morgan fingerprint density at radius 1 is 1.45 bits per heavy atom. The summed E-state index contributed by atoms with van der Waals surface area (Å²) in [6, 6.07) is 5.01. The minimum absolute atomic E-state index is 0.152. The Labute approximate surface area is 116 Å². The molecule has 1 aliphatic carbocycles. The summed E-state index contributed by atoms with van der Waals surface area (Å²) in [4.78, 5) is 26.0. The van der Waals surface area contributed by atoms with Gasteiger partial charge in [0.25, 0.3) is 0 Å². The highest BCUT2D eigenvalue weighted by Crippen LogP contribution is 2.51. The van der Waals surface area contributed by atoms with Crippen molar-refractivity contribution in [2.45, 2.75) is 39.2 Å². The average Bonchev–Trinajstić information content (AvgIpc) is 3.09. The Balaban J connectivity index is 2.08. The van der Waals surface area contributed by atoms with Gasteiger partial charge >= 0.3 is 11.7 Å². The standard InChI is InChI=1S/C15H18N2O3/c1-2-6-15(7-8-15)9-17-11-5-3-4-10(13(18)19)12(11)16-14(17)20/h3-5H,2,6-9H2,1H3,(H,16,20)(H,18,19). The number of nitrogens with zero attached hydrogens (tertiary/aromatic N) is 1. The van der Waals surface area contributed by atoms with Crippen molar-refractivity contribution in [1.29, 1.82) is 0 Å². The fourth-order valence-electron chi connectivity index (χ4n) is 3.05. The second-order valence-corrected chi connectivity index (χ2v) is 5.77. The van der Waals surface area contributed by atoms with Crippen LogP contribution in [-0.2, 0) is 6.54 Å². The summed E-state index contributed by atoms with van der Waals surface area (Å²) in [5, 5.41) is 9.18. The average molecular weight is 274 g/mol. The van der Waals surface area contributed by atoms with Crippen molar-refractivity contribution >= 4 is 17.0 Å². The number of hydrogen-bond donors (Lipinski definition) is 2. The van der Waals surface area contributed by atoms with Crippen LogP contribution in [0.4, 0.5) is 0 Å². The molecule has 0 radical (unpaired) electrons. The van der Waals surface area contributed by atoms with E-state index in [0.29, 0.717) is 17.6 Å². The number of carbonyl (C=O) groups is 1. The van der Waals surface area contributed by atoms with Crippen LogP contribution in [0.5, 0.6) is 0 Å². The van der Waals surface area contributed by atoms with Crippen LogP contribution in [0.15, 0.2) is 23.0 Å². The van der Waals surface area contributed by atoms with Crippen LogP contribution < -0.4 is 5.69 Å². The molecule has 106 valence electrons. The quantitative estimate of drug-likeness (QED) is 0.880. The molecular weight excluding hydrogens is 256 g/mol. The van der Waals surface area contributed by atoms with Gasteiger partial charge in [0.2, 0.25) is 0 Å². The summed E-state index contributed by atoms with van der Waals surface area (Å²) in [6.07, 6.45) is 4.53. The molecule has 20 heavy (non-hydrogen) atoms. The van der Waals surface area contributed by atoms with Gasteiger partial charge in [0.1, 0.15) is 0 Å². The minimum Gasteiger partial charge on any atom is -0.478 e. The van der Waals surface area contributed by atoms with Crippen LogP contribution in [-0.4, -0.2) is 20.6 Å². The summed E-state index contributed by atoms with van der Waals surface area (Å²) in [5.74, 6) is -1.02. The summed E-state index contributed by atoms with van der Waals surface area (Å²) >= 11 is 0. The van der Waals surface area contributed by atoms with Gasteiger partial charge in [-0.25, -0.2) is 9.59 Å². The number of aromatic carboxylic acids is 1. The number of nitrogens with one attached hydrogen (secondary N) is 1. The Kier molecular flexibility index (Phi) is 2.92. The molecule has 1 aromatic carbocycles. The largest absolute Gasteiger partial charge is 0.478 e. The van der Waals surface area contributed by atoms with Crippen LogP contribution in [0, 0.1) is 5.41 Å². The van der Waals surface area contributed by atoms with E-state index in [2.05, 4.69) is 11.9 Å². The summed E-state index contributed by atoms with van der Waals surface area (Å²) < 4.78 is 1.70. The van der Waals surface area contributed by atoms with Gasteiger partial charge in [0, 0.05) is 6.54 Å². The first kappa shape index (κ1) is 13.0. The summed E-state index contributed by atoms with van der Waals surface area (Å²) in [5.41, 5.74) is 1.30. The number of aromatic amines is 1. The number of benzene rings is 1. The van der Waals surface area contributed by atoms with Crippen molar-refractivity contribution in [3.63, 3.8) is 0 Å². The molecule has 0 spiro atoms. The maximum atomic E-state index is 12.1. The predicted octanol–water partition coefficient (Wildman–Crippen LogP) is 2.61. The van der Waals surface area contributed by atoms with Crippen molar-refractivity contribution < 1.29 is 9.90 Å². The third kappa shape index (κ3) is 2.03. The Morgan fingerprint density at radius 2 is 2.20 bits per heavy atom. The van der Waals surface area contributed by atoms with E-state index in [1.54, 1.807) is 10.6 Å². The first-order valence-corrected chi connectivity index (χ1v) is 7.01. The van der Waals surface area contributed by atoms with Crippen molar-refractivity contribution in [2.24, 2.45) is 5.41 Å². The topological polar surface area (TPSA) is 75.1 Å². The molecule has 1 aliphatic rings. The lowest BCUT2D eigenvalue weighted by Gasteiger charge is -2.14. The maximum absolute atomic E-state index is 12.1. The Hall–Kier alpha value is -2.04. The molecule has 1 saturated carbocycles. The predicted molar refractivity (Wildman–Crippen MR) is 76.1 cm³/mol. The van der Waals surface area contributed by atoms with Gasteiger partial charge in [-0.05, 0) is 36.8 Å². The molecule has 3 rings (SSSR count). The fourth-order valence-corrected chi connectivity index (χ4v) is 3.05. The second kappa shape index (κ2) is 4.51. The summed E-state index contributed by atoms with van der Waals surface area (Å²) in [6.45, 7) is 2.84. The van der Waals surface area contributed by atoms with Gasteiger partial charge in [-0.1, -0.05) is 19.4 Å². The molecule has 0 amide bonds. The van der Waals surface area contributed by atoms with Crippen molar-refractivity contribution in [1.82, 2.24) is 9.55 Å². The Bertz CT molecular complexity index is 722. The number of H-pyrrole nitrogens is 1. The number of aromatic nitrogens is 2. The third-order valence-electron chi connectivity index (χ3n) is 4.27. The summed E-state index contributed by atoms with van der Waals surface area (Å²) in [7, 11) is 0.